The van der Waals surface area contributed by atoms with Crippen LogP contribution in [0.4, 0.5) is 11.4 Å². The lowest BCUT2D eigenvalue weighted by molar-refractivity contribution is -0.142. The summed E-state index contributed by atoms with van der Waals surface area (Å²) in [5, 5.41) is 1.76. The van der Waals surface area contributed by atoms with E-state index in [1.807, 2.05) is 24.3 Å². The second-order valence-electron chi connectivity index (χ2n) is 12.4. The van der Waals surface area contributed by atoms with E-state index in [1.165, 1.54) is 14.0 Å². The van der Waals surface area contributed by atoms with Crippen LogP contribution in [0.5, 0.6) is 17.2 Å². The van der Waals surface area contributed by atoms with Gasteiger partial charge in [-0.1, -0.05) is 30.3 Å². The molecule has 12 nitrogen and oxygen atoms in total. The Balaban J connectivity index is 1.20. The van der Waals surface area contributed by atoms with Crippen LogP contribution in [0.2, 0.25) is 0 Å². The minimum Gasteiger partial charge on any atom is -0.493 e. The first-order valence-corrected chi connectivity index (χ1v) is 18.3. The van der Waals surface area contributed by atoms with E-state index in [0.717, 1.165) is 41.3 Å². The zero-order chi connectivity index (χ0) is 36.3. The molecule has 2 atom stereocenters. The number of esters is 1. The van der Waals surface area contributed by atoms with E-state index < -0.39 is 14.7 Å². The predicted molar refractivity (Wildman–Crippen MR) is 195 cm³/mol. The summed E-state index contributed by atoms with van der Waals surface area (Å²) in [6, 6.07) is 12.5. The summed E-state index contributed by atoms with van der Waals surface area (Å²) in [6.45, 7) is 6.71. The highest BCUT2D eigenvalue weighted by Gasteiger charge is 2.35. The van der Waals surface area contributed by atoms with Gasteiger partial charge in [-0.2, -0.15) is 0 Å². The van der Waals surface area contributed by atoms with Gasteiger partial charge in [-0.25, -0.2) is 4.57 Å². The van der Waals surface area contributed by atoms with Crippen LogP contribution in [0.15, 0.2) is 55.1 Å². The molecule has 0 aromatic heterocycles. The number of hydrogen-bond acceptors (Lipinski definition) is 10. The Kier molecular flexibility index (Phi) is 13.5. The van der Waals surface area contributed by atoms with Crippen molar-refractivity contribution in [3.63, 3.8) is 0 Å². The number of nitrogens with one attached hydrogen (secondary N) is 1. The van der Waals surface area contributed by atoms with E-state index in [9.17, 15) is 18.9 Å². The molecule has 2 aliphatic heterocycles. The molecule has 2 aliphatic rings. The molecule has 0 aliphatic carbocycles. The number of unbranched alkanes of at least 4 members (excludes halogenated alkanes) is 2. The number of anilines is 2. The number of halogens is 1. The fraction of sp³-hybridized carbons (Fsp3) is 0.432. The van der Waals surface area contributed by atoms with E-state index in [-0.39, 0.29) is 37.0 Å². The monoisotopic (exact) mass is 739 g/mol. The maximum Gasteiger partial charge on any atom is 0.395 e. The lowest BCUT2D eigenvalue weighted by Crippen LogP contribution is -2.39. The summed E-state index contributed by atoms with van der Waals surface area (Å²) >= 11 is 6.37. The molecular weight excluding hydrogens is 697 g/mol. The Bertz CT molecular complexity index is 1760. The third-order valence-corrected chi connectivity index (χ3v) is 9.72. The van der Waals surface area contributed by atoms with Gasteiger partial charge in [-0.3, -0.25) is 24.7 Å². The zero-order valence-electron chi connectivity index (χ0n) is 28.9. The number of fused-ring (bicyclic) bond motifs is 3. The molecule has 0 unspecified atom stereocenters. The second kappa shape index (κ2) is 18.2. The van der Waals surface area contributed by atoms with Crippen molar-refractivity contribution in [1.29, 1.82) is 0 Å². The number of carbonyl (C=O) groups is 3. The van der Waals surface area contributed by atoms with Crippen molar-refractivity contribution in [3.8, 4) is 17.2 Å². The van der Waals surface area contributed by atoms with Gasteiger partial charge in [0.15, 0.2) is 11.5 Å². The average molecular weight is 740 g/mol. The third kappa shape index (κ3) is 8.92. The zero-order valence-corrected chi connectivity index (χ0v) is 30.5. The van der Waals surface area contributed by atoms with Crippen molar-refractivity contribution in [2.75, 3.05) is 56.3 Å². The molecule has 272 valence electrons. The molecule has 2 heterocycles. The molecule has 0 spiro atoms. The molecule has 1 fully saturated rings. The smallest absolute Gasteiger partial charge is 0.395 e. The normalized spacial score (nSPS) is 16.6. The van der Waals surface area contributed by atoms with Gasteiger partial charge in [0, 0.05) is 55.8 Å². The summed E-state index contributed by atoms with van der Waals surface area (Å²) in [7, 11) is 1.04. The van der Waals surface area contributed by atoms with E-state index in [1.54, 1.807) is 34.1 Å². The first-order chi connectivity index (χ1) is 24.8. The van der Waals surface area contributed by atoms with E-state index in [4.69, 9.17) is 35.2 Å². The molecule has 3 aromatic carbocycles. The Hall–Kier alpha value is -4.38. The van der Waals surface area contributed by atoms with Crippen molar-refractivity contribution >= 4 is 60.2 Å². The number of ether oxygens (including phenoxy) is 3. The first-order valence-electron chi connectivity index (χ1n) is 17.0. The van der Waals surface area contributed by atoms with Gasteiger partial charge >= 0.3 is 14.7 Å². The molecule has 3 aromatic rings. The molecule has 0 radical (unpaired) electrons. The highest BCUT2D eigenvalue weighted by molar-refractivity contribution is 7.17. The molecule has 0 saturated carbocycles. The van der Waals surface area contributed by atoms with Crippen molar-refractivity contribution < 1.29 is 42.5 Å². The molecule has 5 rings (SSSR count). The van der Waals surface area contributed by atoms with Crippen LogP contribution in [0, 0.1) is 0 Å². The van der Waals surface area contributed by atoms with Gasteiger partial charge < -0.3 is 28.5 Å². The van der Waals surface area contributed by atoms with Crippen LogP contribution < -0.4 is 24.4 Å². The van der Waals surface area contributed by atoms with Crippen LogP contribution in [-0.4, -0.2) is 74.6 Å². The van der Waals surface area contributed by atoms with Gasteiger partial charge in [-0.05, 0) is 49.1 Å². The summed E-state index contributed by atoms with van der Waals surface area (Å²) < 4.78 is 33.6. The Morgan fingerprint density at radius 1 is 1.08 bits per heavy atom. The van der Waals surface area contributed by atoms with Crippen LogP contribution in [0.3, 0.4) is 0 Å². The number of alkyl halides is 1. The standard InChI is InChI=1S/C37H43ClN3O9P/c1-4-16-49-39-30-19-34(33(46-3)18-29(30)37(44)40-15-10-11-26(40)23-48-24(2)42)47-17-9-5-6-14-35(43)41-22-25(21-38)36-28-13-8-7-12-27(28)32(50-51-45)20-31(36)41/h4,7-8,12-13,18-20,25-26,39H,1,5-6,9-11,14-17,21-23H2,2-3H3/t25-,26+/m1/s1. The molecule has 0 bridgehead atoms. The summed E-state index contributed by atoms with van der Waals surface area (Å²) in [6.07, 6.45) is 5.49. The van der Waals surface area contributed by atoms with Crippen molar-refractivity contribution in [3.05, 3.63) is 66.2 Å². The third-order valence-electron chi connectivity index (χ3n) is 9.08. The number of amides is 2. The molecule has 1 N–H and O–H groups in total. The van der Waals surface area contributed by atoms with Crippen LogP contribution in [0.1, 0.15) is 67.3 Å². The quantitative estimate of drug-likeness (QED) is 0.0351. The molecule has 1 saturated heterocycles. The number of methoxy groups -OCH3 is 1. The highest BCUT2D eigenvalue weighted by Crippen LogP contribution is 2.46. The van der Waals surface area contributed by atoms with E-state index in [2.05, 4.69) is 12.1 Å². The minimum absolute atomic E-state index is 0.0176. The average Bonchev–Trinajstić information content (AvgIpc) is 3.77. The van der Waals surface area contributed by atoms with Gasteiger partial charge in [0.2, 0.25) is 5.91 Å². The lowest BCUT2D eigenvalue weighted by Gasteiger charge is -2.26. The summed E-state index contributed by atoms with van der Waals surface area (Å²) in [5.41, 5.74) is 5.32. The van der Waals surface area contributed by atoms with Crippen molar-refractivity contribution in [2.45, 2.75) is 57.4 Å². The maximum atomic E-state index is 13.7. The second-order valence-corrected chi connectivity index (χ2v) is 13.0. The summed E-state index contributed by atoms with van der Waals surface area (Å²) in [4.78, 5) is 47.6. The Morgan fingerprint density at radius 2 is 1.88 bits per heavy atom. The van der Waals surface area contributed by atoms with Crippen LogP contribution in [-0.2, 0) is 23.7 Å². The number of rotatable bonds is 18. The largest absolute Gasteiger partial charge is 0.493 e. The molecule has 51 heavy (non-hydrogen) atoms. The van der Waals surface area contributed by atoms with Crippen LogP contribution >= 0.6 is 20.3 Å². The van der Waals surface area contributed by atoms with Gasteiger partial charge in [0.1, 0.15) is 12.4 Å². The van der Waals surface area contributed by atoms with E-state index >= 15 is 0 Å². The first kappa shape index (κ1) is 37.9. The predicted octanol–water partition coefficient (Wildman–Crippen LogP) is 7.44. The number of hydrogen-bond donors (Lipinski definition) is 1. The number of likely N-dealkylation sites (tertiary alicyclic amines) is 1. The topological polar surface area (TPSA) is 133 Å². The van der Waals surface area contributed by atoms with Gasteiger partial charge in [0.25, 0.3) is 5.91 Å². The van der Waals surface area contributed by atoms with E-state index in [0.29, 0.717) is 73.3 Å². The number of carbonyl (C=O) groups excluding carboxylic acids is 3. The lowest BCUT2D eigenvalue weighted by atomic mass is 9.95. The molecular formula is C37H43ClN3O9P. The fourth-order valence-electron chi connectivity index (χ4n) is 6.68. The van der Waals surface area contributed by atoms with Gasteiger partial charge in [0.05, 0.1) is 43.3 Å². The minimum atomic E-state index is -0.470. The highest BCUT2D eigenvalue weighted by atomic mass is 35.5. The fourth-order valence-corrected chi connectivity index (χ4v) is 7.16. The van der Waals surface area contributed by atoms with Gasteiger partial charge in [-0.15, -0.1) is 18.2 Å². The van der Waals surface area contributed by atoms with Crippen molar-refractivity contribution in [2.24, 2.45) is 0 Å². The molecule has 14 heteroatoms. The number of nitrogens with zero attached hydrogens (tertiary/aromatic N) is 2. The molecule has 2 amide bonds. The number of benzene rings is 3. The Morgan fingerprint density at radius 3 is 2.61 bits per heavy atom. The maximum absolute atomic E-state index is 13.7. The summed E-state index contributed by atoms with van der Waals surface area (Å²) in [5.74, 6) is 0.937. The Labute approximate surface area is 304 Å². The van der Waals surface area contributed by atoms with Crippen molar-refractivity contribution in [1.82, 2.24) is 4.90 Å². The van der Waals surface area contributed by atoms with Crippen LogP contribution in [0.25, 0.3) is 10.8 Å². The SMILES string of the molecule is C=CCONc1cc(OCCCCCC(=O)N2C[C@@H](CCl)c3c2cc(OP=O)c2ccccc32)c(OC)cc1C(=O)N1CCC[C@H]1COC(C)=O.